The van der Waals surface area contributed by atoms with Crippen molar-refractivity contribution in [3.63, 3.8) is 0 Å². The predicted octanol–water partition coefficient (Wildman–Crippen LogP) is -0.651. The highest BCUT2D eigenvalue weighted by Crippen LogP contribution is 2.05. The molecule has 0 saturated carbocycles. The van der Waals surface area contributed by atoms with E-state index in [0.717, 1.165) is 26.0 Å². The van der Waals surface area contributed by atoms with Gasteiger partial charge < -0.3 is 35.0 Å². The van der Waals surface area contributed by atoms with Crippen LogP contribution in [0.4, 0.5) is 0 Å². The Bertz CT molecular complexity index is 553. The number of aliphatic carboxylic acids is 4. The summed E-state index contributed by atoms with van der Waals surface area (Å²) in [5.41, 5.74) is -0.549. The van der Waals surface area contributed by atoms with Crippen LogP contribution in [-0.2, 0) is 28.7 Å². The maximum Gasteiger partial charge on any atom is 0.336 e. The zero-order chi connectivity index (χ0) is 20.4. The Morgan fingerprint density at radius 1 is 0.769 bits per heavy atom. The minimum atomic E-state index is -1.63. The Hall–Kier alpha value is -2.76. The summed E-state index contributed by atoms with van der Waals surface area (Å²) in [5, 5.41) is 45.0. The summed E-state index contributed by atoms with van der Waals surface area (Å²) in [5.74, 6) is -5.65. The van der Waals surface area contributed by atoms with Gasteiger partial charge in [0.25, 0.3) is 0 Å². The van der Waals surface area contributed by atoms with E-state index in [1.807, 2.05) is 0 Å². The van der Waals surface area contributed by atoms with E-state index in [1.165, 1.54) is 0 Å². The third kappa shape index (κ3) is 8.92. The summed E-state index contributed by atoms with van der Waals surface area (Å²) < 4.78 is 9.74. The van der Waals surface area contributed by atoms with Crippen molar-refractivity contribution in [3.05, 3.63) is 23.3 Å². The average Bonchev–Trinajstić information content (AvgIpc) is 2.53. The number of carbonyl (C=O) groups is 4. The van der Waals surface area contributed by atoms with E-state index in [1.54, 1.807) is 0 Å². The monoisotopic (exact) mass is 376 g/mol. The molecule has 0 bridgehead atoms. The van der Waals surface area contributed by atoms with Crippen LogP contribution in [0.2, 0.25) is 0 Å². The van der Waals surface area contributed by atoms with Crippen LogP contribution in [0, 0.1) is 0 Å². The Labute approximate surface area is 147 Å². The molecule has 0 spiro atoms. The van der Waals surface area contributed by atoms with Crippen molar-refractivity contribution < 1.29 is 54.2 Å². The van der Waals surface area contributed by atoms with Crippen LogP contribution in [0.1, 0.15) is 13.8 Å². The first-order valence-electron chi connectivity index (χ1n) is 7.16. The smallest absolute Gasteiger partial charge is 0.336 e. The number of carboxylic acid groups (broad SMARTS) is 4. The first kappa shape index (κ1) is 23.2. The number of ether oxygens (including phenoxy) is 2. The van der Waals surface area contributed by atoms with Gasteiger partial charge in [-0.05, 0) is 26.0 Å². The molecule has 11 nitrogen and oxygen atoms in total. The maximum atomic E-state index is 11.0. The molecule has 11 heteroatoms. The second kappa shape index (κ2) is 11.0. The largest absolute Gasteiger partial charge is 0.479 e. The van der Waals surface area contributed by atoms with E-state index < -0.39 is 55.4 Å². The van der Waals surface area contributed by atoms with Gasteiger partial charge in [0, 0.05) is 11.1 Å². The summed E-state index contributed by atoms with van der Waals surface area (Å²) in [7, 11) is 0. The van der Waals surface area contributed by atoms with E-state index in [0.29, 0.717) is 0 Å². The Kier molecular flexibility index (Phi) is 9.81. The summed E-state index contributed by atoms with van der Waals surface area (Å²) in [6, 6.07) is 0. The van der Waals surface area contributed by atoms with Crippen LogP contribution in [0.5, 0.6) is 0 Å². The molecule has 0 saturated heterocycles. The molecule has 0 fully saturated rings. The average molecular weight is 376 g/mol. The highest BCUT2D eigenvalue weighted by molar-refractivity contribution is 5.88. The third-order valence-corrected chi connectivity index (χ3v) is 2.90. The van der Waals surface area contributed by atoms with Gasteiger partial charge in [0.2, 0.25) is 0 Å². The molecule has 0 aromatic heterocycles. The second-order valence-electron chi connectivity index (χ2n) is 5.15. The van der Waals surface area contributed by atoms with Gasteiger partial charge in [-0.2, -0.15) is 0 Å². The van der Waals surface area contributed by atoms with Crippen molar-refractivity contribution >= 4 is 23.9 Å². The lowest BCUT2D eigenvalue weighted by molar-refractivity contribution is -0.152. The minimum absolute atomic E-state index is 0.275. The summed E-state index contributed by atoms with van der Waals surface area (Å²) >= 11 is 0. The lowest BCUT2D eigenvalue weighted by atomic mass is 10.2. The van der Waals surface area contributed by atoms with Crippen LogP contribution < -0.4 is 0 Å². The Morgan fingerprint density at radius 2 is 1.08 bits per heavy atom. The van der Waals surface area contributed by atoms with Gasteiger partial charge in [0.05, 0.1) is 13.2 Å². The Morgan fingerprint density at radius 3 is 1.31 bits per heavy atom. The SMILES string of the molecule is CC(=CC(OCC(O)COC(C=C(C)C(=O)O)C(=O)O)C(=O)O)C(=O)O. The van der Waals surface area contributed by atoms with Crippen molar-refractivity contribution in [2.45, 2.75) is 32.2 Å². The summed E-state index contributed by atoms with van der Waals surface area (Å²) in [6.45, 7) is 1.15. The van der Waals surface area contributed by atoms with E-state index >= 15 is 0 Å². The fourth-order valence-electron chi connectivity index (χ4n) is 1.46. The fourth-order valence-corrected chi connectivity index (χ4v) is 1.46. The predicted molar refractivity (Wildman–Crippen MR) is 83.5 cm³/mol. The first-order chi connectivity index (χ1) is 12.0. The van der Waals surface area contributed by atoms with E-state index in [-0.39, 0.29) is 11.1 Å². The molecule has 0 amide bonds. The number of rotatable bonds is 12. The second-order valence-corrected chi connectivity index (χ2v) is 5.15. The van der Waals surface area contributed by atoms with Gasteiger partial charge in [0.15, 0.2) is 12.2 Å². The quantitative estimate of drug-likeness (QED) is 0.272. The number of aliphatic hydroxyl groups is 1. The van der Waals surface area contributed by atoms with Gasteiger partial charge >= 0.3 is 23.9 Å². The molecule has 2 unspecified atom stereocenters. The lowest BCUT2D eigenvalue weighted by Gasteiger charge is -2.17. The molecule has 0 aliphatic carbocycles. The van der Waals surface area contributed by atoms with E-state index in [2.05, 4.69) is 0 Å². The maximum absolute atomic E-state index is 11.0. The molecule has 2 atom stereocenters. The first-order valence-corrected chi connectivity index (χ1v) is 7.16. The standard InChI is InChI=1S/C15H20O11/c1-7(12(17)18)3-10(14(21)22)25-5-9(16)6-26-11(15(23)24)4-8(2)13(19)20/h3-4,9-11,16H,5-6H2,1-2H3,(H,17,18)(H,19,20)(H,21,22)(H,23,24). The molecular weight excluding hydrogens is 356 g/mol. The molecule has 0 heterocycles. The topological polar surface area (TPSA) is 188 Å². The van der Waals surface area contributed by atoms with Gasteiger partial charge in [-0.1, -0.05) is 0 Å². The van der Waals surface area contributed by atoms with Crippen molar-refractivity contribution in [1.29, 1.82) is 0 Å². The fraction of sp³-hybridized carbons (Fsp3) is 0.467. The van der Waals surface area contributed by atoms with Crippen LogP contribution in [0.15, 0.2) is 23.3 Å². The molecule has 0 aromatic carbocycles. The highest BCUT2D eigenvalue weighted by Gasteiger charge is 2.22. The van der Waals surface area contributed by atoms with Crippen molar-refractivity contribution in [2.24, 2.45) is 0 Å². The van der Waals surface area contributed by atoms with Gasteiger partial charge in [-0.25, -0.2) is 19.2 Å². The van der Waals surface area contributed by atoms with E-state index in [9.17, 15) is 24.3 Å². The molecule has 0 aromatic rings. The van der Waals surface area contributed by atoms with Crippen LogP contribution in [0.25, 0.3) is 0 Å². The normalized spacial score (nSPS) is 15.8. The lowest BCUT2D eigenvalue weighted by Crippen LogP contribution is -2.32. The van der Waals surface area contributed by atoms with Crippen LogP contribution >= 0.6 is 0 Å². The van der Waals surface area contributed by atoms with Gasteiger partial charge in [-0.15, -0.1) is 0 Å². The highest BCUT2D eigenvalue weighted by atomic mass is 16.5. The third-order valence-electron chi connectivity index (χ3n) is 2.90. The molecule has 0 aliphatic rings. The zero-order valence-corrected chi connectivity index (χ0v) is 14.0. The van der Waals surface area contributed by atoms with Gasteiger partial charge in [0.1, 0.15) is 6.10 Å². The number of hydrogen-bond acceptors (Lipinski definition) is 7. The summed E-state index contributed by atoms with van der Waals surface area (Å²) in [6.07, 6.45) is -3.04. The summed E-state index contributed by atoms with van der Waals surface area (Å²) in [4.78, 5) is 43.4. The number of carboxylic acids is 4. The van der Waals surface area contributed by atoms with Crippen molar-refractivity contribution in [3.8, 4) is 0 Å². The molecule has 0 rings (SSSR count). The van der Waals surface area contributed by atoms with Gasteiger partial charge in [-0.3, -0.25) is 0 Å². The van der Waals surface area contributed by atoms with Crippen LogP contribution in [0.3, 0.4) is 0 Å². The van der Waals surface area contributed by atoms with Crippen molar-refractivity contribution in [1.82, 2.24) is 0 Å². The number of hydrogen-bond donors (Lipinski definition) is 5. The molecule has 0 radical (unpaired) electrons. The molecule has 26 heavy (non-hydrogen) atoms. The van der Waals surface area contributed by atoms with Crippen molar-refractivity contribution in [2.75, 3.05) is 13.2 Å². The Balaban J connectivity index is 4.74. The molecule has 0 aliphatic heterocycles. The molecular formula is C15H20O11. The zero-order valence-electron chi connectivity index (χ0n) is 14.0. The van der Waals surface area contributed by atoms with E-state index in [4.69, 9.17) is 29.9 Å². The molecule has 146 valence electrons. The molecule has 5 N–H and O–H groups in total. The minimum Gasteiger partial charge on any atom is -0.479 e. The number of aliphatic hydroxyl groups excluding tert-OH is 1. The van der Waals surface area contributed by atoms with Crippen LogP contribution in [-0.4, -0.2) is 80.9 Å².